The van der Waals surface area contributed by atoms with E-state index in [9.17, 15) is 4.79 Å². The summed E-state index contributed by atoms with van der Waals surface area (Å²) in [7, 11) is 0. The maximum atomic E-state index is 10.3. The molecular weight excluding hydrogens is 140 g/mol. The van der Waals surface area contributed by atoms with Gasteiger partial charge in [-0.15, -0.1) is 0 Å². The van der Waals surface area contributed by atoms with Crippen molar-refractivity contribution in [3.63, 3.8) is 0 Å². The largest absolute Gasteiger partial charge is 0.478 e. The molecule has 0 saturated carbocycles. The van der Waals surface area contributed by atoms with Crippen molar-refractivity contribution >= 4 is 5.97 Å². The van der Waals surface area contributed by atoms with Crippen molar-refractivity contribution in [1.29, 1.82) is 0 Å². The van der Waals surface area contributed by atoms with Gasteiger partial charge >= 0.3 is 5.97 Å². The monoisotopic (exact) mass is 156 g/mol. The van der Waals surface area contributed by atoms with E-state index in [2.05, 4.69) is 6.92 Å². The third kappa shape index (κ3) is 5.64. The van der Waals surface area contributed by atoms with Gasteiger partial charge in [-0.2, -0.15) is 0 Å². The van der Waals surface area contributed by atoms with Gasteiger partial charge in [0.1, 0.15) is 0 Å². The van der Waals surface area contributed by atoms with Crippen LogP contribution in [0.4, 0.5) is 0 Å². The Labute approximate surface area is 67.9 Å². The molecule has 0 amide bonds. The number of hydrogen-bond donors (Lipinski definition) is 1. The van der Waals surface area contributed by atoms with Gasteiger partial charge in [-0.3, -0.25) is 0 Å². The molecule has 2 heteroatoms. The van der Waals surface area contributed by atoms with Crippen LogP contribution in [0.5, 0.6) is 0 Å². The van der Waals surface area contributed by atoms with Gasteiger partial charge in [0.15, 0.2) is 0 Å². The fourth-order valence-corrected chi connectivity index (χ4v) is 0.929. The van der Waals surface area contributed by atoms with E-state index in [-0.39, 0.29) is 0 Å². The van der Waals surface area contributed by atoms with Crippen LogP contribution in [0.2, 0.25) is 0 Å². The summed E-state index contributed by atoms with van der Waals surface area (Å²) in [4.78, 5) is 10.3. The molecule has 0 fully saturated rings. The van der Waals surface area contributed by atoms with Gasteiger partial charge in [0, 0.05) is 6.08 Å². The average Bonchev–Trinajstić information content (AvgIpc) is 1.97. The summed E-state index contributed by atoms with van der Waals surface area (Å²) < 4.78 is 0. The summed E-state index contributed by atoms with van der Waals surface area (Å²) in [6.07, 6.45) is 5.32. The lowest BCUT2D eigenvalue weighted by Crippen LogP contribution is -1.91. The second kappa shape index (κ2) is 5.96. The molecular formula is C9H16O2. The zero-order chi connectivity index (χ0) is 8.69. The first-order valence-electron chi connectivity index (χ1n) is 4.13. The molecule has 1 N–H and O–H groups in total. The first-order valence-corrected chi connectivity index (χ1v) is 4.13. The predicted octanol–water partition coefficient (Wildman–Crippen LogP) is 2.60. The van der Waals surface area contributed by atoms with Crippen molar-refractivity contribution in [2.24, 2.45) is 0 Å². The third-order valence-electron chi connectivity index (χ3n) is 1.63. The van der Waals surface area contributed by atoms with Crippen LogP contribution >= 0.6 is 0 Å². The lowest BCUT2D eigenvalue weighted by atomic mass is 10.1. The number of allylic oxidation sites excluding steroid dienone is 1. The van der Waals surface area contributed by atoms with E-state index in [0.29, 0.717) is 0 Å². The van der Waals surface area contributed by atoms with E-state index in [1.165, 1.54) is 6.08 Å². The number of carboxylic acid groups (broad SMARTS) is 1. The molecule has 0 heterocycles. The van der Waals surface area contributed by atoms with Gasteiger partial charge in [-0.25, -0.2) is 4.79 Å². The number of hydrogen-bond acceptors (Lipinski definition) is 1. The van der Waals surface area contributed by atoms with Crippen LogP contribution in [0, 0.1) is 0 Å². The zero-order valence-corrected chi connectivity index (χ0v) is 7.26. The standard InChI is InChI=1S/C9H16O2/c1-3-5-6-8(4-2)7-9(10)11/h7H,3-6H2,1-2H3,(H,10,11). The molecule has 0 radical (unpaired) electrons. The highest BCUT2D eigenvalue weighted by Crippen LogP contribution is 2.10. The molecule has 0 saturated heterocycles. The Morgan fingerprint density at radius 3 is 2.45 bits per heavy atom. The molecule has 0 aromatic rings. The molecule has 0 aliphatic heterocycles. The fraction of sp³-hybridized carbons (Fsp3) is 0.667. The molecule has 0 aromatic heterocycles. The summed E-state index contributed by atoms with van der Waals surface area (Å²) in [5.74, 6) is -0.821. The smallest absolute Gasteiger partial charge is 0.328 e. The molecule has 0 spiro atoms. The summed E-state index contributed by atoms with van der Waals surface area (Å²) in [5, 5.41) is 8.44. The van der Waals surface area contributed by atoms with Gasteiger partial charge < -0.3 is 5.11 Å². The van der Waals surface area contributed by atoms with E-state index in [1.54, 1.807) is 0 Å². The number of unbranched alkanes of at least 4 members (excludes halogenated alkanes) is 1. The molecule has 0 rings (SSSR count). The summed E-state index contributed by atoms with van der Waals surface area (Å²) in [6.45, 7) is 4.10. The Morgan fingerprint density at radius 2 is 2.09 bits per heavy atom. The highest BCUT2D eigenvalue weighted by atomic mass is 16.4. The van der Waals surface area contributed by atoms with E-state index in [4.69, 9.17) is 5.11 Å². The van der Waals surface area contributed by atoms with Gasteiger partial charge in [-0.1, -0.05) is 25.8 Å². The van der Waals surface area contributed by atoms with Gasteiger partial charge in [0.25, 0.3) is 0 Å². The topological polar surface area (TPSA) is 37.3 Å². The van der Waals surface area contributed by atoms with Gasteiger partial charge in [-0.05, 0) is 19.3 Å². The second-order valence-electron chi connectivity index (χ2n) is 2.60. The molecule has 2 nitrogen and oxygen atoms in total. The second-order valence-corrected chi connectivity index (χ2v) is 2.60. The number of carbonyl (C=O) groups is 1. The van der Waals surface area contributed by atoms with Crippen molar-refractivity contribution < 1.29 is 9.90 Å². The molecule has 0 aromatic carbocycles. The molecule has 0 unspecified atom stereocenters. The average molecular weight is 156 g/mol. The van der Waals surface area contributed by atoms with E-state index < -0.39 is 5.97 Å². The normalized spacial score (nSPS) is 11.6. The van der Waals surface area contributed by atoms with Gasteiger partial charge in [0.05, 0.1) is 0 Å². The molecule has 11 heavy (non-hydrogen) atoms. The fourth-order valence-electron chi connectivity index (χ4n) is 0.929. The Morgan fingerprint density at radius 1 is 1.45 bits per heavy atom. The number of aliphatic carboxylic acids is 1. The molecule has 0 aliphatic carbocycles. The van der Waals surface area contributed by atoms with Crippen LogP contribution in [-0.4, -0.2) is 11.1 Å². The zero-order valence-electron chi connectivity index (χ0n) is 7.26. The van der Waals surface area contributed by atoms with E-state index in [0.717, 1.165) is 31.3 Å². The maximum absolute atomic E-state index is 10.3. The highest BCUT2D eigenvalue weighted by molar-refractivity contribution is 5.80. The molecule has 0 bridgehead atoms. The van der Waals surface area contributed by atoms with E-state index in [1.807, 2.05) is 6.92 Å². The molecule has 64 valence electrons. The van der Waals surface area contributed by atoms with Crippen molar-refractivity contribution in [2.45, 2.75) is 39.5 Å². The quantitative estimate of drug-likeness (QED) is 0.621. The van der Waals surface area contributed by atoms with Crippen LogP contribution in [0.1, 0.15) is 39.5 Å². The minimum absolute atomic E-state index is 0.821. The van der Waals surface area contributed by atoms with Crippen molar-refractivity contribution in [1.82, 2.24) is 0 Å². The lowest BCUT2D eigenvalue weighted by molar-refractivity contribution is -0.131. The summed E-state index contributed by atoms with van der Waals surface area (Å²) in [6, 6.07) is 0. The lowest BCUT2D eigenvalue weighted by Gasteiger charge is -2.00. The Balaban J connectivity index is 3.84. The maximum Gasteiger partial charge on any atom is 0.328 e. The van der Waals surface area contributed by atoms with Crippen LogP contribution in [0.3, 0.4) is 0 Å². The van der Waals surface area contributed by atoms with Crippen molar-refractivity contribution in [3.05, 3.63) is 11.6 Å². The first-order chi connectivity index (χ1) is 5.20. The highest BCUT2D eigenvalue weighted by Gasteiger charge is 1.96. The summed E-state index contributed by atoms with van der Waals surface area (Å²) in [5.41, 5.74) is 1.04. The Kier molecular flexibility index (Phi) is 5.53. The van der Waals surface area contributed by atoms with Gasteiger partial charge in [0.2, 0.25) is 0 Å². The number of rotatable bonds is 5. The van der Waals surface area contributed by atoms with Crippen LogP contribution in [0.25, 0.3) is 0 Å². The van der Waals surface area contributed by atoms with Crippen LogP contribution < -0.4 is 0 Å². The minimum Gasteiger partial charge on any atom is -0.478 e. The SMILES string of the molecule is CCCCC(=CC(=O)O)CC. The Hall–Kier alpha value is -0.790. The molecule has 0 aliphatic rings. The third-order valence-corrected chi connectivity index (χ3v) is 1.63. The number of carboxylic acids is 1. The van der Waals surface area contributed by atoms with Crippen LogP contribution in [-0.2, 0) is 4.79 Å². The molecule has 0 atom stereocenters. The minimum atomic E-state index is -0.821. The van der Waals surface area contributed by atoms with Crippen molar-refractivity contribution in [2.75, 3.05) is 0 Å². The first kappa shape index (κ1) is 10.2. The van der Waals surface area contributed by atoms with Crippen molar-refractivity contribution in [3.8, 4) is 0 Å². The van der Waals surface area contributed by atoms with Crippen LogP contribution in [0.15, 0.2) is 11.6 Å². The summed E-state index contributed by atoms with van der Waals surface area (Å²) >= 11 is 0. The van der Waals surface area contributed by atoms with E-state index >= 15 is 0 Å². The predicted molar refractivity (Wildman–Crippen MR) is 45.5 cm³/mol. The Bertz CT molecular complexity index is 148.